The highest BCUT2D eigenvalue weighted by Gasteiger charge is 2.30. The molecule has 0 fully saturated rings. The molecule has 2 aromatic carbocycles. The fourth-order valence-corrected chi connectivity index (χ4v) is 2.03. The second kappa shape index (κ2) is 8.00. The second-order valence-corrected chi connectivity index (χ2v) is 4.33. The van der Waals surface area contributed by atoms with E-state index in [0.29, 0.717) is 11.1 Å². The average molecular weight is 284 g/mol. The number of ether oxygens (including phenoxy) is 1. The van der Waals surface area contributed by atoms with Gasteiger partial charge in [-0.25, -0.2) is 0 Å². The van der Waals surface area contributed by atoms with Gasteiger partial charge in [0.2, 0.25) is 0 Å². The SMILES string of the molecule is C.CCOC(=O)C(C(=O)c1ccccc1)c1ccccc1. The van der Waals surface area contributed by atoms with Crippen LogP contribution in [0.2, 0.25) is 0 Å². The topological polar surface area (TPSA) is 43.4 Å². The molecule has 0 aliphatic heterocycles. The molecule has 3 nitrogen and oxygen atoms in total. The van der Waals surface area contributed by atoms with Crippen molar-refractivity contribution in [3.8, 4) is 0 Å². The molecule has 0 saturated carbocycles. The van der Waals surface area contributed by atoms with Gasteiger partial charge in [0, 0.05) is 5.56 Å². The van der Waals surface area contributed by atoms with Crippen LogP contribution in [-0.4, -0.2) is 18.4 Å². The Balaban J connectivity index is 0.00000220. The van der Waals surface area contributed by atoms with Gasteiger partial charge in [-0.2, -0.15) is 0 Å². The quantitative estimate of drug-likeness (QED) is 0.476. The fourth-order valence-electron chi connectivity index (χ4n) is 2.03. The summed E-state index contributed by atoms with van der Waals surface area (Å²) in [7, 11) is 0. The molecule has 0 bridgehead atoms. The van der Waals surface area contributed by atoms with Gasteiger partial charge < -0.3 is 4.74 Å². The van der Waals surface area contributed by atoms with Gasteiger partial charge in [-0.05, 0) is 12.5 Å². The predicted molar refractivity (Wildman–Crippen MR) is 83.3 cm³/mol. The van der Waals surface area contributed by atoms with Gasteiger partial charge in [-0.1, -0.05) is 68.1 Å². The maximum absolute atomic E-state index is 12.6. The second-order valence-electron chi connectivity index (χ2n) is 4.33. The van der Waals surface area contributed by atoms with Crippen molar-refractivity contribution < 1.29 is 14.3 Å². The zero-order chi connectivity index (χ0) is 14.4. The molecular weight excluding hydrogens is 264 g/mol. The molecule has 0 heterocycles. The number of Topliss-reactive ketones (excluding diaryl/α,β-unsaturated/α-hetero) is 1. The number of benzene rings is 2. The third-order valence-corrected chi connectivity index (χ3v) is 2.98. The lowest BCUT2D eigenvalue weighted by Gasteiger charge is -2.15. The standard InChI is InChI=1S/C17H16O3.CH4/c1-2-20-17(19)15(13-9-5-3-6-10-13)16(18)14-11-7-4-8-12-14;/h3-12,15H,2H2,1H3;1H4. The summed E-state index contributed by atoms with van der Waals surface area (Å²) < 4.78 is 5.04. The lowest BCUT2D eigenvalue weighted by atomic mass is 9.91. The Bertz CT molecular complexity index is 576. The van der Waals surface area contributed by atoms with Gasteiger partial charge in [0.1, 0.15) is 5.92 Å². The third-order valence-electron chi connectivity index (χ3n) is 2.98. The molecule has 0 saturated heterocycles. The monoisotopic (exact) mass is 284 g/mol. The van der Waals surface area contributed by atoms with Crippen molar-refractivity contribution >= 4 is 11.8 Å². The van der Waals surface area contributed by atoms with Crippen LogP contribution >= 0.6 is 0 Å². The Kier molecular flexibility index (Phi) is 6.34. The minimum absolute atomic E-state index is 0. The van der Waals surface area contributed by atoms with Gasteiger partial charge in [0.25, 0.3) is 0 Å². The van der Waals surface area contributed by atoms with Crippen molar-refractivity contribution in [2.45, 2.75) is 20.3 Å². The van der Waals surface area contributed by atoms with Crippen molar-refractivity contribution in [2.24, 2.45) is 0 Å². The number of rotatable bonds is 5. The van der Waals surface area contributed by atoms with Crippen LogP contribution in [0.15, 0.2) is 60.7 Å². The van der Waals surface area contributed by atoms with E-state index >= 15 is 0 Å². The highest BCUT2D eigenvalue weighted by Crippen LogP contribution is 2.22. The number of hydrogen-bond acceptors (Lipinski definition) is 3. The van der Waals surface area contributed by atoms with Crippen molar-refractivity contribution in [2.75, 3.05) is 6.61 Å². The van der Waals surface area contributed by atoms with E-state index in [-0.39, 0.29) is 19.8 Å². The molecule has 1 unspecified atom stereocenters. The molecule has 0 aromatic heterocycles. The van der Waals surface area contributed by atoms with Gasteiger partial charge in [-0.3, -0.25) is 9.59 Å². The average Bonchev–Trinajstić information content (AvgIpc) is 2.50. The Labute approximate surface area is 125 Å². The van der Waals surface area contributed by atoms with Gasteiger partial charge in [-0.15, -0.1) is 0 Å². The minimum atomic E-state index is -0.904. The number of carbonyl (C=O) groups is 2. The van der Waals surface area contributed by atoms with E-state index < -0.39 is 11.9 Å². The molecule has 1 atom stereocenters. The summed E-state index contributed by atoms with van der Waals surface area (Å²) >= 11 is 0. The van der Waals surface area contributed by atoms with Crippen LogP contribution < -0.4 is 0 Å². The first-order chi connectivity index (χ1) is 9.74. The Hall–Kier alpha value is -2.42. The highest BCUT2D eigenvalue weighted by molar-refractivity contribution is 6.12. The van der Waals surface area contributed by atoms with Crippen molar-refractivity contribution in [3.63, 3.8) is 0 Å². The zero-order valence-electron chi connectivity index (χ0n) is 11.3. The van der Waals surface area contributed by atoms with E-state index in [1.54, 1.807) is 55.5 Å². The largest absolute Gasteiger partial charge is 0.465 e. The molecular formula is C18H20O3. The minimum Gasteiger partial charge on any atom is -0.465 e. The van der Waals surface area contributed by atoms with Crippen molar-refractivity contribution in [1.82, 2.24) is 0 Å². The molecule has 21 heavy (non-hydrogen) atoms. The summed E-state index contributed by atoms with van der Waals surface area (Å²) in [4.78, 5) is 24.7. The lowest BCUT2D eigenvalue weighted by molar-refractivity contribution is -0.143. The molecule has 0 N–H and O–H groups in total. The number of carbonyl (C=O) groups excluding carboxylic acids is 2. The van der Waals surface area contributed by atoms with Crippen molar-refractivity contribution in [3.05, 3.63) is 71.8 Å². The normalized spacial score (nSPS) is 11.1. The molecule has 0 aliphatic carbocycles. The smallest absolute Gasteiger partial charge is 0.321 e. The Morgan fingerprint density at radius 1 is 0.952 bits per heavy atom. The molecule has 2 rings (SSSR count). The van der Waals surface area contributed by atoms with E-state index in [0.717, 1.165) is 0 Å². The van der Waals surface area contributed by atoms with E-state index in [4.69, 9.17) is 4.74 Å². The first-order valence-corrected chi connectivity index (χ1v) is 6.55. The third kappa shape index (κ3) is 4.02. The Morgan fingerprint density at radius 3 is 2.00 bits per heavy atom. The summed E-state index contributed by atoms with van der Waals surface area (Å²) in [5.74, 6) is -1.65. The maximum Gasteiger partial charge on any atom is 0.321 e. The molecule has 0 amide bonds. The van der Waals surface area contributed by atoms with E-state index in [9.17, 15) is 9.59 Å². The van der Waals surface area contributed by atoms with Crippen LogP contribution in [0, 0.1) is 0 Å². The van der Waals surface area contributed by atoms with Gasteiger partial charge >= 0.3 is 5.97 Å². The molecule has 0 aliphatic rings. The Morgan fingerprint density at radius 2 is 1.48 bits per heavy atom. The van der Waals surface area contributed by atoms with E-state index in [1.165, 1.54) is 0 Å². The summed E-state index contributed by atoms with van der Waals surface area (Å²) in [5.41, 5.74) is 1.16. The van der Waals surface area contributed by atoms with Crippen LogP contribution in [0.3, 0.4) is 0 Å². The molecule has 110 valence electrons. The zero-order valence-corrected chi connectivity index (χ0v) is 11.3. The van der Waals surface area contributed by atoms with E-state index in [1.807, 2.05) is 12.1 Å². The predicted octanol–water partition coefficient (Wildman–Crippen LogP) is 3.85. The fraction of sp³-hybridized carbons (Fsp3) is 0.222. The molecule has 0 radical (unpaired) electrons. The number of ketones is 1. The van der Waals surface area contributed by atoms with Crippen LogP contribution in [0.4, 0.5) is 0 Å². The van der Waals surface area contributed by atoms with Crippen molar-refractivity contribution in [1.29, 1.82) is 0 Å². The summed E-state index contributed by atoms with van der Waals surface area (Å²) in [6.07, 6.45) is 0. The molecule has 3 heteroatoms. The highest BCUT2D eigenvalue weighted by atomic mass is 16.5. The van der Waals surface area contributed by atoms with E-state index in [2.05, 4.69) is 0 Å². The summed E-state index contributed by atoms with van der Waals surface area (Å²) in [6, 6.07) is 17.8. The van der Waals surface area contributed by atoms with Crippen LogP contribution in [-0.2, 0) is 9.53 Å². The first-order valence-electron chi connectivity index (χ1n) is 6.55. The first kappa shape index (κ1) is 16.6. The number of hydrogen-bond donors (Lipinski definition) is 0. The van der Waals surface area contributed by atoms with Crippen LogP contribution in [0.1, 0.15) is 36.2 Å². The molecule has 2 aromatic rings. The lowest BCUT2D eigenvalue weighted by Crippen LogP contribution is -2.24. The van der Waals surface area contributed by atoms with Crippen LogP contribution in [0.5, 0.6) is 0 Å². The summed E-state index contributed by atoms with van der Waals surface area (Å²) in [6.45, 7) is 1.98. The maximum atomic E-state index is 12.6. The number of esters is 1. The van der Waals surface area contributed by atoms with Gasteiger partial charge in [0.05, 0.1) is 6.61 Å². The summed E-state index contributed by atoms with van der Waals surface area (Å²) in [5, 5.41) is 0. The van der Waals surface area contributed by atoms with Crippen LogP contribution in [0.25, 0.3) is 0 Å². The molecule has 0 spiro atoms. The van der Waals surface area contributed by atoms with Gasteiger partial charge in [0.15, 0.2) is 5.78 Å².